The molecule has 3 aromatic rings. The predicted octanol–water partition coefficient (Wildman–Crippen LogP) is 5.05. The highest BCUT2D eigenvalue weighted by molar-refractivity contribution is 14.1. The number of hydrazone groups is 1. The largest absolute Gasteiger partial charge is 0.493 e. The van der Waals surface area contributed by atoms with Gasteiger partial charge in [0.05, 0.1) is 38.7 Å². The van der Waals surface area contributed by atoms with Crippen molar-refractivity contribution in [3.63, 3.8) is 0 Å². The molecule has 244 valence electrons. The van der Waals surface area contributed by atoms with Crippen LogP contribution >= 0.6 is 34.2 Å². The summed E-state index contributed by atoms with van der Waals surface area (Å²) in [6.07, 6.45) is 0.328. The van der Waals surface area contributed by atoms with Crippen LogP contribution in [0.25, 0.3) is 0 Å². The monoisotopic (exact) mass is 764 g/mol. The number of esters is 1. The first-order chi connectivity index (χ1) is 22.1. The first-order valence-electron chi connectivity index (χ1n) is 14.1. The molecule has 1 aliphatic rings. The Kier molecular flexibility index (Phi) is 12.3. The lowest BCUT2D eigenvalue weighted by Gasteiger charge is -2.28. The molecule has 1 heterocycles. The van der Waals surface area contributed by atoms with Crippen LogP contribution in [0, 0.1) is 3.57 Å². The van der Waals surface area contributed by atoms with Crippen molar-refractivity contribution in [2.24, 2.45) is 5.10 Å². The van der Waals surface area contributed by atoms with Crippen molar-refractivity contribution in [1.82, 2.24) is 16.1 Å². The lowest BCUT2D eigenvalue weighted by molar-refractivity contribution is -0.136. The van der Waals surface area contributed by atoms with Crippen LogP contribution in [-0.2, 0) is 16.1 Å². The van der Waals surface area contributed by atoms with E-state index in [4.69, 9.17) is 35.3 Å². The fraction of sp³-hybridized carbons (Fsp3) is 0.281. The highest BCUT2D eigenvalue weighted by Crippen LogP contribution is 2.35. The van der Waals surface area contributed by atoms with Gasteiger partial charge in [-0.1, -0.05) is 29.8 Å². The third-order valence-corrected chi connectivity index (χ3v) is 7.50. The molecule has 0 saturated heterocycles. The lowest BCUT2D eigenvalue weighted by atomic mass is 9.95. The van der Waals surface area contributed by atoms with Gasteiger partial charge in [-0.25, -0.2) is 9.59 Å². The normalized spacial score (nSPS) is 15.1. The van der Waals surface area contributed by atoms with E-state index >= 15 is 0 Å². The average Bonchev–Trinajstić information content (AvgIpc) is 3.02. The highest BCUT2D eigenvalue weighted by Gasteiger charge is 2.32. The number of allylic oxidation sites excluding steroid dienone is 1. The third kappa shape index (κ3) is 8.95. The summed E-state index contributed by atoms with van der Waals surface area (Å²) in [7, 11) is 2.83. The van der Waals surface area contributed by atoms with E-state index < -0.39 is 24.3 Å². The standard InChI is InChI=1S/C32H34ClIN4O8/c1-5-44-25-13-20(29-28(31(40)43-4)18(2)36-32(41)37-29)9-10-24(25)45-17-27(39)38-35-15-21-12-23(34)14-26(42-3)30(21)46-16-19-7-6-8-22(33)11-19/h6-15,27,29,38-39H,5,16-17H2,1-4H3,(H2,36,37,41)/b35-15+/t27-,29-/m1/s1. The molecule has 12 nitrogen and oxygen atoms in total. The molecule has 0 fully saturated rings. The summed E-state index contributed by atoms with van der Waals surface area (Å²) in [5.41, 5.74) is 5.39. The summed E-state index contributed by atoms with van der Waals surface area (Å²) in [6.45, 7) is 3.84. The number of urea groups is 1. The fourth-order valence-corrected chi connectivity index (χ4v) is 5.42. The van der Waals surface area contributed by atoms with Crippen molar-refractivity contribution in [3.8, 4) is 23.0 Å². The van der Waals surface area contributed by atoms with Gasteiger partial charge in [0, 0.05) is 19.9 Å². The Bertz CT molecular complexity index is 1630. The van der Waals surface area contributed by atoms with E-state index in [9.17, 15) is 14.7 Å². The number of hydrogen-bond acceptors (Lipinski definition) is 10. The van der Waals surface area contributed by atoms with Crippen LogP contribution in [0.4, 0.5) is 4.79 Å². The SMILES string of the molecule is CCOc1cc([C@H]2NC(=O)NC(C)=C2C(=O)OC)ccc1OC[C@@H](O)N/N=C/c1cc(I)cc(OC)c1OCc1cccc(Cl)c1. The second kappa shape index (κ2) is 16.4. The quantitative estimate of drug-likeness (QED) is 0.0582. The van der Waals surface area contributed by atoms with Gasteiger partial charge in [0.15, 0.2) is 29.2 Å². The zero-order valence-electron chi connectivity index (χ0n) is 25.6. The third-order valence-electron chi connectivity index (χ3n) is 6.64. The van der Waals surface area contributed by atoms with Gasteiger partial charge in [-0.15, -0.1) is 0 Å². The minimum absolute atomic E-state index is 0.180. The number of hydrogen-bond donors (Lipinski definition) is 4. The number of nitrogens with zero attached hydrogens (tertiary/aromatic N) is 1. The average molecular weight is 765 g/mol. The molecule has 4 N–H and O–H groups in total. The van der Waals surface area contributed by atoms with Crippen LogP contribution in [-0.4, -0.2) is 57.0 Å². The van der Waals surface area contributed by atoms with E-state index in [-0.39, 0.29) is 18.8 Å². The highest BCUT2D eigenvalue weighted by atomic mass is 127. The maximum absolute atomic E-state index is 12.5. The fourth-order valence-electron chi connectivity index (χ4n) is 4.59. The molecule has 4 rings (SSSR count). The number of carbonyl (C=O) groups is 2. The number of aliphatic hydroxyl groups is 1. The van der Waals surface area contributed by atoms with Gasteiger partial charge in [0.1, 0.15) is 13.2 Å². The molecule has 2 amide bonds. The maximum atomic E-state index is 12.5. The van der Waals surface area contributed by atoms with Gasteiger partial charge < -0.3 is 39.4 Å². The van der Waals surface area contributed by atoms with Crippen LogP contribution in [0.3, 0.4) is 0 Å². The maximum Gasteiger partial charge on any atom is 0.337 e. The molecule has 0 radical (unpaired) electrons. The summed E-state index contributed by atoms with van der Waals surface area (Å²) in [5, 5.41) is 20.7. The van der Waals surface area contributed by atoms with Crippen LogP contribution in [0.15, 0.2) is 71.0 Å². The predicted molar refractivity (Wildman–Crippen MR) is 180 cm³/mol. The number of rotatable bonds is 14. The lowest BCUT2D eigenvalue weighted by Crippen LogP contribution is -2.45. The molecule has 0 unspecified atom stereocenters. The molecular weight excluding hydrogens is 731 g/mol. The topological polar surface area (TPSA) is 149 Å². The van der Waals surface area contributed by atoms with Crippen molar-refractivity contribution < 1.29 is 38.4 Å². The van der Waals surface area contributed by atoms with Crippen LogP contribution in [0.5, 0.6) is 23.0 Å². The zero-order valence-corrected chi connectivity index (χ0v) is 28.5. The molecule has 1 aliphatic heterocycles. The van der Waals surface area contributed by atoms with E-state index in [1.54, 1.807) is 38.3 Å². The molecule has 0 bridgehead atoms. The van der Waals surface area contributed by atoms with E-state index in [0.717, 1.165) is 9.13 Å². The molecule has 2 atom stereocenters. The van der Waals surface area contributed by atoms with Crippen molar-refractivity contribution in [1.29, 1.82) is 0 Å². The van der Waals surface area contributed by atoms with Crippen molar-refractivity contribution in [2.45, 2.75) is 32.7 Å². The van der Waals surface area contributed by atoms with E-state index in [1.165, 1.54) is 13.3 Å². The number of halogens is 2. The minimum atomic E-state index is -1.19. The number of carbonyl (C=O) groups excluding carboxylic acids is 2. The number of benzene rings is 3. The smallest absolute Gasteiger partial charge is 0.337 e. The van der Waals surface area contributed by atoms with E-state index in [1.807, 2.05) is 37.3 Å². The Morgan fingerprint density at radius 2 is 1.91 bits per heavy atom. The Hall–Kier alpha value is -4.21. The number of nitrogens with one attached hydrogen (secondary N) is 3. The molecule has 0 spiro atoms. The van der Waals surface area contributed by atoms with Gasteiger partial charge >= 0.3 is 12.0 Å². The van der Waals surface area contributed by atoms with Gasteiger partial charge in [-0.3, -0.25) is 5.43 Å². The molecule has 0 saturated carbocycles. The summed E-state index contributed by atoms with van der Waals surface area (Å²) in [6, 6.07) is 14.8. The van der Waals surface area contributed by atoms with Gasteiger partial charge in [-0.2, -0.15) is 5.10 Å². The minimum Gasteiger partial charge on any atom is -0.493 e. The second-order valence-electron chi connectivity index (χ2n) is 9.86. The van der Waals surface area contributed by atoms with Crippen LogP contribution < -0.4 is 35.0 Å². The zero-order chi connectivity index (χ0) is 33.2. The van der Waals surface area contributed by atoms with Gasteiger partial charge in [0.25, 0.3) is 0 Å². The summed E-state index contributed by atoms with van der Waals surface area (Å²) >= 11 is 8.28. The number of methoxy groups -OCH3 is 2. The summed E-state index contributed by atoms with van der Waals surface area (Å²) in [4.78, 5) is 24.7. The molecule has 14 heteroatoms. The van der Waals surface area contributed by atoms with Crippen LogP contribution in [0.2, 0.25) is 5.02 Å². The molecule has 0 aliphatic carbocycles. The Morgan fingerprint density at radius 1 is 1.11 bits per heavy atom. The van der Waals surface area contributed by atoms with Crippen LogP contribution in [0.1, 0.15) is 36.6 Å². The van der Waals surface area contributed by atoms with E-state index in [2.05, 4.69) is 43.8 Å². The van der Waals surface area contributed by atoms with Gasteiger partial charge in [-0.05, 0) is 84.0 Å². The molecular formula is C32H34ClIN4O8. The van der Waals surface area contributed by atoms with Crippen molar-refractivity contribution >= 4 is 52.4 Å². The number of amides is 2. The van der Waals surface area contributed by atoms with E-state index in [0.29, 0.717) is 51.5 Å². The Morgan fingerprint density at radius 3 is 2.63 bits per heavy atom. The Balaban J connectivity index is 1.44. The second-order valence-corrected chi connectivity index (χ2v) is 11.5. The van der Waals surface area contributed by atoms with Gasteiger partial charge in [0.2, 0.25) is 0 Å². The molecule has 0 aromatic heterocycles. The first kappa shape index (κ1) is 34.7. The summed E-state index contributed by atoms with van der Waals surface area (Å²) < 4.78 is 29.1. The van der Waals surface area contributed by atoms with Crippen molar-refractivity contribution in [3.05, 3.63) is 91.2 Å². The van der Waals surface area contributed by atoms with Crippen molar-refractivity contribution in [2.75, 3.05) is 27.4 Å². The number of aliphatic hydroxyl groups excluding tert-OH is 1. The molecule has 46 heavy (non-hydrogen) atoms. The first-order valence-corrected chi connectivity index (χ1v) is 15.6. The Labute approximate surface area is 285 Å². The number of ether oxygens (including phenoxy) is 5. The summed E-state index contributed by atoms with van der Waals surface area (Å²) in [5.74, 6) is 1.13. The molecule has 3 aromatic carbocycles.